The Bertz CT molecular complexity index is 595. The van der Waals surface area contributed by atoms with E-state index in [1.807, 2.05) is 25.6 Å². The Labute approximate surface area is 117 Å². The zero-order valence-electron chi connectivity index (χ0n) is 11.6. The second-order valence-corrected chi connectivity index (χ2v) is 5.86. The van der Waals surface area contributed by atoms with Crippen LogP contribution in [0.3, 0.4) is 0 Å². The van der Waals surface area contributed by atoms with Gasteiger partial charge in [-0.05, 0) is 26.7 Å². The topological polar surface area (TPSA) is 44.9 Å². The first-order valence-corrected chi connectivity index (χ1v) is 7.16. The van der Waals surface area contributed by atoms with Crippen molar-refractivity contribution in [2.45, 2.75) is 38.1 Å². The van der Waals surface area contributed by atoms with Crippen molar-refractivity contribution in [1.82, 2.24) is 19.3 Å². The summed E-state index contributed by atoms with van der Waals surface area (Å²) in [6, 6.07) is 0.310. The molecule has 1 fully saturated rings. The number of alkyl halides is 1. The Morgan fingerprint density at radius 3 is 2.89 bits per heavy atom. The molecule has 2 atom stereocenters. The average molecular weight is 283 g/mol. The quantitative estimate of drug-likeness (QED) is 0.796. The molecule has 0 amide bonds. The first-order chi connectivity index (χ1) is 9.09. The fourth-order valence-electron chi connectivity index (χ4n) is 2.88. The predicted molar refractivity (Wildman–Crippen MR) is 74.6 cm³/mol. The van der Waals surface area contributed by atoms with Gasteiger partial charge in [0.2, 0.25) is 0 Å². The summed E-state index contributed by atoms with van der Waals surface area (Å²) in [5.41, 5.74) is 2.96. The van der Waals surface area contributed by atoms with Crippen LogP contribution in [0.25, 0.3) is 11.2 Å². The van der Waals surface area contributed by atoms with Crippen molar-refractivity contribution < 1.29 is 4.74 Å². The van der Waals surface area contributed by atoms with Crippen LogP contribution in [0.5, 0.6) is 0 Å². The number of nitrogens with zero attached hydrogens (tertiary/aromatic N) is 4. The van der Waals surface area contributed by atoms with E-state index in [-0.39, 0.29) is 5.38 Å². The number of fused-ring (bicyclic) bond motifs is 1. The third kappa shape index (κ3) is 2.05. The highest BCUT2D eigenvalue weighted by Crippen LogP contribution is 2.32. The number of imidazole rings is 1. The fourth-order valence-corrected chi connectivity index (χ4v) is 3.03. The van der Waals surface area contributed by atoms with Gasteiger partial charge in [0.05, 0.1) is 23.7 Å². The zero-order valence-corrected chi connectivity index (χ0v) is 12.3. The molecule has 0 saturated carbocycles. The maximum Gasteiger partial charge on any atom is 0.159 e. The third-order valence-electron chi connectivity index (χ3n) is 3.72. The molecule has 0 spiro atoms. The molecule has 0 N–H and O–H groups in total. The Kier molecular flexibility index (Phi) is 3.27. The number of aromatic nitrogens is 4. The largest absolute Gasteiger partial charge is 0.379 e. The molecule has 1 aliphatic heterocycles. The molecule has 2 aromatic heterocycles. The molecular weight excluding hydrogens is 264 g/mol. The summed E-state index contributed by atoms with van der Waals surface area (Å²) < 4.78 is 9.74. The van der Waals surface area contributed by atoms with Crippen LogP contribution in [0, 0.1) is 6.92 Å². The van der Waals surface area contributed by atoms with Crippen molar-refractivity contribution in [2.24, 2.45) is 7.05 Å². The van der Waals surface area contributed by atoms with Crippen LogP contribution in [-0.2, 0) is 11.8 Å². The average Bonchev–Trinajstić information content (AvgIpc) is 2.90. The summed E-state index contributed by atoms with van der Waals surface area (Å²) in [5.74, 6) is 0.920. The molecular formula is C13H19ClN4O. The van der Waals surface area contributed by atoms with Crippen LogP contribution in [0.1, 0.15) is 42.7 Å². The van der Waals surface area contributed by atoms with Crippen molar-refractivity contribution in [3.05, 3.63) is 11.5 Å². The lowest BCUT2D eigenvalue weighted by molar-refractivity contribution is 0.0592. The van der Waals surface area contributed by atoms with Crippen LogP contribution >= 0.6 is 11.6 Å². The number of hydrogen-bond acceptors (Lipinski definition) is 3. The number of aryl methyl sites for hydroxylation is 2. The molecule has 1 aliphatic rings. The number of rotatable bonds is 2. The summed E-state index contributed by atoms with van der Waals surface area (Å²) in [6.07, 6.45) is 2.18. The molecule has 2 unspecified atom stereocenters. The van der Waals surface area contributed by atoms with Gasteiger partial charge >= 0.3 is 0 Å². The van der Waals surface area contributed by atoms with Gasteiger partial charge in [-0.3, -0.25) is 4.68 Å². The predicted octanol–water partition coefficient (Wildman–Crippen LogP) is 2.73. The second-order valence-electron chi connectivity index (χ2n) is 5.21. The molecule has 1 saturated heterocycles. The van der Waals surface area contributed by atoms with Crippen LogP contribution in [0.15, 0.2) is 0 Å². The smallest absolute Gasteiger partial charge is 0.159 e. The van der Waals surface area contributed by atoms with Crippen LogP contribution < -0.4 is 0 Å². The number of ether oxygens (including phenoxy) is 1. The highest BCUT2D eigenvalue weighted by atomic mass is 35.5. The van der Waals surface area contributed by atoms with Gasteiger partial charge in [-0.1, -0.05) is 0 Å². The highest BCUT2D eigenvalue weighted by molar-refractivity contribution is 6.20. The van der Waals surface area contributed by atoms with E-state index in [4.69, 9.17) is 21.3 Å². The minimum Gasteiger partial charge on any atom is -0.379 e. The van der Waals surface area contributed by atoms with Gasteiger partial charge in [-0.25, -0.2) is 4.98 Å². The van der Waals surface area contributed by atoms with Crippen molar-refractivity contribution >= 4 is 22.8 Å². The van der Waals surface area contributed by atoms with E-state index in [0.717, 1.165) is 48.7 Å². The molecule has 6 heteroatoms. The summed E-state index contributed by atoms with van der Waals surface area (Å²) in [4.78, 5) is 4.70. The molecule has 0 aliphatic carbocycles. The summed E-state index contributed by atoms with van der Waals surface area (Å²) in [7, 11) is 1.96. The van der Waals surface area contributed by atoms with Crippen LogP contribution in [0.4, 0.5) is 0 Å². The highest BCUT2D eigenvalue weighted by Gasteiger charge is 2.26. The van der Waals surface area contributed by atoms with Crippen molar-refractivity contribution in [2.75, 3.05) is 13.2 Å². The van der Waals surface area contributed by atoms with Crippen LogP contribution in [0.2, 0.25) is 0 Å². The second kappa shape index (κ2) is 4.80. The molecule has 19 heavy (non-hydrogen) atoms. The van der Waals surface area contributed by atoms with E-state index in [0.29, 0.717) is 6.04 Å². The van der Waals surface area contributed by atoms with E-state index < -0.39 is 0 Å². The van der Waals surface area contributed by atoms with Gasteiger partial charge in [0.15, 0.2) is 5.65 Å². The van der Waals surface area contributed by atoms with Crippen molar-refractivity contribution in [3.63, 3.8) is 0 Å². The first-order valence-electron chi connectivity index (χ1n) is 6.73. The molecule has 3 rings (SSSR count). The Morgan fingerprint density at radius 2 is 2.26 bits per heavy atom. The normalized spacial score (nSPS) is 22.0. The Balaban J connectivity index is 2.20. The molecule has 5 nitrogen and oxygen atoms in total. The molecule has 104 valence electrons. The first kappa shape index (κ1) is 12.9. The maximum atomic E-state index is 6.31. The van der Waals surface area contributed by atoms with Gasteiger partial charge in [0.25, 0.3) is 0 Å². The van der Waals surface area contributed by atoms with E-state index >= 15 is 0 Å². The van der Waals surface area contributed by atoms with Crippen molar-refractivity contribution in [3.8, 4) is 0 Å². The molecule has 0 radical (unpaired) electrons. The lowest BCUT2D eigenvalue weighted by Crippen LogP contribution is -2.24. The SMILES string of the molecule is Cc1nn(C)c2c1nc(C(C)Cl)n2C1CCCOC1. The van der Waals surface area contributed by atoms with Gasteiger partial charge in [-0.2, -0.15) is 5.10 Å². The van der Waals surface area contributed by atoms with Gasteiger partial charge in [0, 0.05) is 13.7 Å². The Morgan fingerprint density at radius 1 is 1.47 bits per heavy atom. The summed E-state index contributed by atoms with van der Waals surface area (Å²) >= 11 is 6.31. The standard InChI is InChI=1S/C13H19ClN4O/c1-8(14)12-15-11-9(2)16-17(3)13(11)18(12)10-5-4-6-19-7-10/h8,10H,4-7H2,1-3H3. The van der Waals surface area contributed by atoms with Gasteiger partial charge in [-0.15, -0.1) is 11.6 Å². The lowest BCUT2D eigenvalue weighted by Gasteiger charge is -2.26. The van der Waals surface area contributed by atoms with Gasteiger partial charge < -0.3 is 9.30 Å². The minimum absolute atomic E-state index is 0.117. The minimum atomic E-state index is -0.117. The number of halogens is 1. The third-order valence-corrected chi connectivity index (χ3v) is 3.91. The molecule has 0 bridgehead atoms. The summed E-state index contributed by atoms with van der Waals surface area (Å²) in [6.45, 7) is 5.53. The van der Waals surface area contributed by atoms with E-state index in [2.05, 4.69) is 9.67 Å². The van der Waals surface area contributed by atoms with E-state index in [1.165, 1.54) is 0 Å². The van der Waals surface area contributed by atoms with Crippen molar-refractivity contribution in [1.29, 1.82) is 0 Å². The number of hydrogen-bond donors (Lipinski definition) is 0. The van der Waals surface area contributed by atoms with E-state index in [1.54, 1.807) is 0 Å². The molecule has 2 aromatic rings. The monoisotopic (exact) mass is 282 g/mol. The van der Waals surface area contributed by atoms with E-state index in [9.17, 15) is 0 Å². The summed E-state index contributed by atoms with van der Waals surface area (Å²) in [5, 5.41) is 4.34. The molecule has 0 aromatic carbocycles. The lowest BCUT2D eigenvalue weighted by atomic mass is 10.1. The Hall–Kier alpha value is -1.07. The fraction of sp³-hybridized carbons (Fsp3) is 0.692. The van der Waals surface area contributed by atoms with Gasteiger partial charge in [0.1, 0.15) is 11.3 Å². The van der Waals surface area contributed by atoms with Crippen LogP contribution in [-0.4, -0.2) is 32.5 Å². The maximum absolute atomic E-state index is 6.31. The molecule has 3 heterocycles. The zero-order chi connectivity index (χ0) is 13.6.